The van der Waals surface area contributed by atoms with Gasteiger partial charge in [-0.3, -0.25) is 0 Å². The van der Waals surface area contributed by atoms with Gasteiger partial charge in [0.15, 0.2) is 5.96 Å². The Morgan fingerprint density at radius 2 is 2.08 bits per heavy atom. The summed E-state index contributed by atoms with van der Waals surface area (Å²) in [7, 11) is 0. The number of halogens is 2. The van der Waals surface area contributed by atoms with E-state index in [2.05, 4.69) is 27.4 Å². The van der Waals surface area contributed by atoms with Crippen LogP contribution in [0.2, 0.25) is 0 Å². The lowest BCUT2D eigenvalue weighted by Crippen LogP contribution is -2.48. The van der Waals surface area contributed by atoms with Gasteiger partial charge >= 0.3 is 0 Å². The van der Waals surface area contributed by atoms with Crippen LogP contribution in [-0.4, -0.2) is 43.1 Å². The molecular weight excluding hydrogens is 444 g/mol. The maximum atomic E-state index is 13.9. The van der Waals surface area contributed by atoms with Crippen molar-refractivity contribution in [1.82, 2.24) is 15.5 Å². The van der Waals surface area contributed by atoms with E-state index in [1.807, 2.05) is 13.0 Å². The van der Waals surface area contributed by atoms with E-state index in [0.29, 0.717) is 23.1 Å². The number of likely N-dealkylation sites (tertiary alicyclic amines) is 1. The van der Waals surface area contributed by atoms with Crippen LogP contribution in [0.25, 0.3) is 0 Å². The molecule has 0 spiro atoms. The van der Waals surface area contributed by atoms with Crippen molar-refractivity contribution in [1.29, 1.82) is 5.26 Å². The van der Waals surface area contributed by atoms with E-state index in [1.165, 1.54) is 18.6 Å². The molecule has 144 valence electrons. The Hall–Kier alpha value is -1.40. The molecule has 1 fully saturated rings. The Labute approximate surface area is 173 Å². The van der Waals surface area contributed by atoms with Crippen LogP contribution < -0.4 is 10.6 Å². The molecule has 7 heteroatoms. The zero-order chi connectivity index (χ0) is 18.1. The number of nitriles is 1. The van der Waals surface area contributed by atoms with Crippen LogP contribution in [0.4, 0.5) is 4.39 Å². The second-order valence-electron chi connectivity index (χ2n) is 6.37. The van der Waals surface area contributed by atoms with Gasteiger partial charge in [-0.05, 0) is 50.9 Å². The Morgan fingerprint density at radius 1 is 1.35 bits per heavy atom. The molecule has 0 aliphatic carbocycles. The largest absolute Gasteiger partial charge is 0.357 e. The molecular formula is C19H29FIN5. The lowest BCUT2D eigenvalue weighted by atomic mass is 10.1. The molecule has 0 saturated carbocycles. The predicted molar refractivity (Wildman–Crippen MR) is 114 cm³/mol. The molecule has 0 amide bonds. The second kappa shape index (κ2) is 12.1. The second-order valence-corrected chi connectivity index (χ2v) is 6.37. The van der Waals surface area contributed by atoms with E-state index in [4.69, 9.17) is 5.26 Å². The molecule has 5 nitrogen and oxygen atoms in total. The summed E-state index contributed by atoms with van der Waals surface area (Å²) < 4.78 is 13.9. The van der Waals surface area contributed by atoms with Crippen molar-refractivity contribution >= 4 is 29.9 Å². The highest BCUT2D eigenvalue weighted by Crippen LogP contribution is 2.12. The van der Waals surface area contributed by atoms with Gasteiger partial charge < -0.3 is 15.5 Å². The number of guanidine groups is 1. The molecule has 2 rings (SSSR count). The van der Waals surface area contributed by atoms with Crippen molar-refractivity contribution < 1.29 is 4.39 Å². The average Bonchev–Trinajstić information content (AvgIpc) is 2.63. The number of benzene rings is 1. The Morgan fingerprint density at radius 3 is 2.69 bits per heavy atom. The third-order valence-electron chi connectivity index (χ3n) is 4.39. The van der Waals surface area contributed by atoms with Crippen LogP contribution in [0, 0.1) is 17.1 Å². The molecule has 0 aromatic heterocycles. The highest BCUT2D eigenvalue weighted by Gasteiger charge is 2.19. The van der Waals surface area contributed by atoms with Crippen molar-refractivity contribution in [2.45, 2.75) is 45.7 Å². The first-order valence-corrected chi connectivity index (χ1v) is 9.12. The zero-order valence-corrected chi connectivity index (χ0v) is 17.9. The Kier molecular flexibility index (Phi) is 10.5. The number of hydrogen-bond donors (Lipinski definition) is 2. The zero-order valence-electron chi connectivity index (χ0n) is 15.6. The molecule has 1 aliphatic heterocycles. The smallest absolute Gasteiger partial charge is 0.191 e. The molecule has 1 saturated heterocycles. The fraction of sp³-hybridized carbons (Fsp3) is 0.579. The van der Waals surface area contributed by atoms with Crippen molar-refractivity contribution in [3.63, 3.8) is 0 Å². The number of nitrogens with zero attached hydrogens (tertiary/aromatic N) is 3. The van der Waals surface area contributed by atoms with Gasteiger partial charge in [-0.25, -0.2) is 9.38 Å². The number of rotatable bonds is 6. The van der Waals surface area contributed by atoms with E-state index >= 15 is 0 Å². The minimum absolute atomic E-state index is 0. The number of aliphatic imine (C=N–C) groups is 1. The summed E-state index contributed by atoms with van der Waals surface area (Å²) in [5.74, 6) is 0.379. The minimum Gasteiger partial charge on any atom is -0.357 e. The lowest BCUT2D eigenvalue weighted by Gasteiger charge is -2.32. The monoisotopic (exact) mass is 473 g/mol. The van der Waals surface area contributed by atoms with Crippen molar-refractivity contribution in [3.05, 3.63) is 35.1 Å². The van der Waals surface area contributed by atoms with E-state index in [9.17, 15) is 4.39 Å². The topological polar surface area (TPSA) is 63.5 Å². The van der Waals surface area contributed by atoms with Crippen molar-refractivity contribution in [3.8, 4) is 6.07 Å². The van der Waals surface area contributed by atoms with Gasteiger partial charge in [0.2, 0.25) is 0 Å². The Bertz CT molecular complexity index is 621. The van der Waals surface area contributed by atoms with Crippen LogP contribution >= 0.6 is 24.0 Å². The molecule has 1 heterocycles. The molecule has 0 atom stereocenters. The summed E-state index contributed by atoms with van der Waals surface area (Å²) in [5, 5.41) is 15.6. The first-order valence-electron chi connectivity index (χ1n) is 9.12. The molecule has 0 radical (unpaired) electrons. The van der Waals surface area contributed by atoms with Crippen LogP contribution in [-0.2, 0) is 6.54 Å². The third kappa shape index (κ3) is 7.08. The van der Waals surface area contributed by atoms with E-state index in [1.54, 1.807) is 6.07 Å². The van der Waals surface area contributed by atoms with Crippen molar-refractivity contribution in [2.24, 2.45) is 4.99 Å². The van der Waals surface area contributed by atoms with Crippen LogP contribution in [0.3, 0.4) is 0 Å². The highest BCUT2D eigenvalue weighted by atomic mass is 127. The number of hydrogen-bond acceptors (Lipinski definition) is 3. The summed E-state index contributed by atoms with van der Waals surface area (Å²) in [6.45, 7) is 8.55. The SMILES string of the molecule is CCCN1CCC(NC(=NCc2cc(C#N)ccc2F)NCC)CC1.I. The van der Waals surface area contributed by atoms with Gasteiger partial charge in [0.25, 0.3) is 0 Å². The summed E-state index contributed by atoms with van der Waals surface area (Å²) in [4.78, 5) is 6.99. The highest BCUT2D eigenvalue weighted by molar-refractivity contribution is 14.0. The van der Waals surface area contributed by atoms with E-state index in [-0.39, 0.29) is 36.3 Å². The predicted octanol–water partition coefficient (Wildman–Crippen LogP) is 3.24. The normalized spacial score (nSPS) is 15.8. The number of piperidine rings is 1. The first kappa shape index (κ1) is 22.6. The fourth-order valence-electron chi connectivity index (χ4n) is 3.06. The maximum Gasteiger partial charge on any atom is 0.191 e. The van der Waals surface area contributed by atoms with Crippen LogP contribution in [0.5, 0.6) is 0 Å². The molecule has 0 unspecified atom stereocenters. The van der Waals surface area contributed by atoms with Gasteiger partial charge in [-0.15, -0.1) is 24.0 Å². The van der Waals surface area contributed by atoms with Gasteiger partial charge in [0.05, 0.1) is 18.2 Å². The van der Waals surface area contributed by atoms with Crippen molar-refractivity contribution in [2.75, 3.05) is 26.2 Å². The van der Waals surface area contributed by atoms with Gasteiger partial charge in [0.1, 0.15) is 5.82 Å². The van der Waals surface area contributed by atoms with Gasteiger partial charge in [-0.1, -0.05) is 6.92 Å². The summed E-state index contributed by atoms with van der Waals surface area (Å²) in [5.41, 5.74) is 0.891. The molecule has 0 bridgehead atoms. The Balaban J connectivity index is 0.00000338. The summed E-state index contributed by atoms with van der Waals surface area (Å²) in [6.07, 6.45) is 3.36. The molecule has 26 heavy (non-hydrogen) atoms. The standard InChI is InChI=1S/C19H28FN5.HI/c1-3-9-25-10-7-17(8-11-25)24-19(22-4-2)23-14-16-12-15(13-21)5-6-18(16)20;/h5-6,12,17H,3-4,7-11,14H2,1-2H3,(H2,22,23,24);1H. The average molecular weight is 473 g/mol. The maximum absolute atomic E-state index is 13.9. The summed E-state index contributed by atoms with van der Waals surface area (Å²) >= 11 is 0. The molecule has 1 aromatic rings. The third-order valence-corrected chi connectivity index (χ3v) is 4.39. The first-order chi connectivity index (χ1) is 12.2. The van der Waals surface area contributed by atoms with Crippen LogP contribution in [0.1, 0.15) is 44.2 Å². The fourth-order valence-corrected chi connectivity index (χ4v) is 3.06. The van der Waals surface area contributed by atoms with Gasteiger partial charge in [-0.2, -0.15) is 5.26 Å². The van der Waals surface area contributed by atoms with E-state index < -0.39 is 0 Å². The molecule has 1 aromatic carbocycles. The van der Waals surface area contributed by atoms with E-state index in [0.717, 1.165) is 39.0 Å². The molecule has 1 aliphatic rings. The number of nitrogens with one attached hydrogen (secondary N) is 2. The minimum atomic E-state index is -0.327. The summed E-state index contributed by atoms with van der Waals surface area (Å²) in [6, 6.07) is 6.80. The quantitative estimate of drug-likeness (QED) is 0.379. The van der Waals surface area contributed by atoms with Gasteiger partial charge in [0, 0.05) is 31.2 Å². The lowest BCUT2D eigenvalue weighted by molar-refractivity contribution is 0.206. The molecule has 2 N–H and O–H groups in total. The van der Waals surface area contributed by atoms with Crippen LogP contribution in [0.15, 0.2) is 23.2 Å².